The van der Waals surface area contributed by atoms with Gasteiger partial charge in [-0.25, -0.2) is 19.0 Å². The zero-order valence-corrected chi connectivity index (χ0v) is 20.7. The number of fused-ring (bicyclic) bond motifs is 5. The van der Waals surface area contributed by atoms with Gasteiger partial charge < -0.3 is 19.1 Å². The quantitative estimate of drug-likeness (QED) is 0.337. The first-order valence-electron chi connectivity index (χ1n) is 12.4. The number of rotatable bonds is 3. The van der Waals surface area contributed by atoms with Crippen LogP contribution in [0.4, 0.5) is 4.39 Å². The molecule has 1 N–H and O–H groups in total. The first-order chi connectivity index (χ1) is 17.7. The zero-order chi connectivity index (χ0) is 26.2. The average molecular weight is 505 g/mol. The van der Waals surface area contributed by atoms with E-state index in [0.717, 1.165) is 27.6 Å². The molecule has 190 valence electrons. The summed E-state index contributed by atoms with van der Waals surface area (Å²) in [6, 6.07) is 3.01. The molecule has 1 aromatic carbocycles. The second-order valence-electron chi connectivity index (χ2n) is 9.69. The predicted molar refractivity (Wildman–Crippen MR) is 132 cm³/mol. The molecule has 0 fully saturated rings. The van der Waals surface area contributed by atoms with E-state index in [0.29, 0.717) is 35.3 Å². The van der Waals surface area contributed by atoms with Crippen LogP contribution in [0.25, 0.3) is 27.9 Å². The highest BCUT2D eigenvalue weighted by Crippen LogP contribution is 2.46. The number of allylic oxidation sites excluding steroid dienone is 1. The smallest absolute Gasteiger partial charge is 0.343 e. The number of cyclic esters (lactones) is 1. The number of esters is 2. The molecule has 2 aromatic heterocycles. The van der Waals surface area contributed by atoms with Crippen molar-refractivity contribution in [3.8, 4) is 11.4 Å². The number of aromatic nitrogens is 2. The fraction of sp³-hybridized carbons (Fsp3) is 0.357. The van der Waals surface area contributed by atoms with Crippen LogP contribution in [0.1, 0.15) is 60.1 Å². The van der Waals surface area contributed by atoms with Crippen LogP contribution in [-0.2, 0) is 44.2 Å². The largest absolute Gasteiger partial charge is 0.463 e. The number of ether oxygens (including phenoxy) is 2. The third-order valence-corrected chi connectivity index (χ3v) is 7.85. The summed E-state index contributed by atoms with van der Waals surface area (Å²) >= 11 is 0. The standard InChI is InChI=1S/C28H25FN2O6/c1-4-28(35)18-9-21-25-16(11-31(21)26(33)17(18)12-37-27(28)34)23-14(8-22(32)36-5-2)6-7-15-13(3)19(29)10-20(30-25)24(15)23/h8-10,35H,4-7,11-12H2,1-3H3/b14-8+/t28-/m0/s1. The van der Waals surface area contributed by atoms with Gasteiger partial charge in [-0.3, -0.25) is 4.79 Å². The van der Waals surface area contributed by atoms with E-state index in [9.17, 15) is 23.9 Å². The predicted octanol–water partition coefficient (Wildman–Crippen LogP) is 3.42. The number of carbonyl (C=O) groups is 2. The summed E-state index contributed by atoms with van der Waals surface area (Å²) in [5.74, 6) is -1.64. The van der Waals surface area contributed by atoms with Gasteiger partial charge in [-0.15, -0.1) is 0 Å². The van der Waals surface area contributed by atoms with Gasteiger partial charge in [0, 0.05) is 28.7 Å². The van der Waals surface area contributed by atoms with Crippen molar-refractivity contribution in [1.82, 2.24) is 9.55 Å². The number of carbonyl (C=O) groups excluding carboxylic acids is 2. The molecule has 0 spiro atoms. The SMILES string of the molecule is CCOC(=O)/C=C1\CCc2c(C)c(F)cc3nc4c(c1c23)Cn1c-4cc2c(c1=O)COC(=O)[C@]2(O)CC. The maximum Gasteiger partial charge on any atom is 0.343 e. The number of halogens is 1. The van der Waals surface area contributed by atoms with Crippen LogP contribution in [0.2, 0.25) is 0 Å². The van der Waals surface area contributed by atoms with E-state index in [-0.39, 0.29) is 48.7 Å². The Morgan fingerprint density at radius 2 is 2.03 bits per heavy atom. The second-order valence-corrected chi connectivity index (χ2v) is 9.69. The minimum Gasteiger partial charge on any atom is -0.463 e. The van der Waals surface area contributed by atoms with E-state index in [1.54, 1.807) is 31.4 Å². The van der Waals surface area contributed by atoms with Crippen LogP contribution in [0.3, 0.4) is 0 Å². The normalized spacial score (nSPS) is 20.5. The topological polar surface area (TPSA) is 108 Å². The van der Waals surface area contributed by atoms with Crippen molar-refractivity contribution >= 4 is 28.4 Å². The Morgan fingerprint density at radius 1 is 1.24 bits per heavy atom. The molecule has 4 heterocycles. The minimum atomic E-state index is -1.94. The van der Waals surface area contributed by atoms with Gasteiger partial charge in [0.15, 0.2) is 5.60 Å². The van der Waals surface area contributed by atoms with Gasteiger partial charge in [0.2, 0.25) is 0 Å². The number of benzene rings is 1. The number of pyridine rings is 2. The molecule has 0 bridgehead atoms. The van der Waals surface area contributed by atoms with Crippen LogP contribution in [-0.4, -0.2) is 33.2 Å². The Kier molecular flexibility index (Phi) is 5.14. The van der Waals surface area contributed by atoms with E-state index >= 15 is 0 Å². The number of aryl methyl sites for hydroxylation is 1. The Bertz CT molecular complexity index is 1650. The second kappa shape index (κ2) is 8.08. The van der Waals surface area contributed by atoms with E-state index in [2.05, 4.69) is 0 Å². The van der Waals surface area contributed by atoms with Crippen LogP contribution in [0, 0.1) is 12.7 Å². The van der Waals surface area contributed by atoms with Crippen molar-refractivity contribution in [2.75, 3.05) is 6.61 Å². The highest BCUT2D eigenvalue weighted by molar-refractivity contribution is 6.04. The highest BCUT2D eigenvalue weighted by Gasteiger charge is 2.45. The van der Waals surface area contributed by atoms with Gasteiger partial charge in [-0.2, -0.15) is 0 Å². The van der Waals surface area contributed by atoms with Crippen molar-refractivity contribution in [2.45, 2.75) is 58.8 Å². The first kappa shape index (κ1) is 23.5. The zero-order valence-electron chi connectivity index (χ0n) is 20.7. The molecule has 1 atom stereocenters. The molecule has 0 saturated heterocycles. The Morgan fingerprint density at radius 3 is 2.76 bits per heavy atom. The van der Waals surface area contributed by atoms with Crippen LogP contribution >= 0.6 is 0 Å². The van der Waals surface area contributed by atoms with Gasteiger partial charge in [0.05, 0.1) is 35.6 Å². The molecular formula is C28H25FN2O6. The molecule has 1 aliphatic carbocycles. The van der Waals surface area contributed by atoms with Crippen LogP contribution < -0.4 is 5.56 Å². The molecule has 0 unspecified atom stereocenters. The number of hydrogen-bond acceptors (Lipinski definition) is 7. The number of aliphatic hydroxyl groups is 1. The monoisotopic (exact) mass is 504 g/mol. The minimum absolute atomic E-state index is 0.0330. The van der Waals surface area contributed by atoms with Gasteiger partial charge in [0.25, 0.3) is 5.56 Å². The van der Waals surface area contributed by atoms with Crippen LogP contribution in [0.15, 0.2) is 23.0 Å². The van der Waals surface area contributed by atoms with Gasteiger partial charge >= 0.3 is 11.9 Å². The van der Waals surface area contributed by atoms with E-state index in [1.165, 1.54) is 12.1 Å². The molecule has 8 nitrogen and oxygen atoms in total. The Labute approximate surface area is 211 Å². The molecule has 0 radical (unpaired) electrons. The summed E-state index contributed by atoms with van der Waals surface area (Å²) in [7, 11) is 0. The maximum atomic E-state index is 14.9. The lowest BCUT2D eigenvalue weighted by Gasteiger charge is -2.31. The van der Waals surface area contributed by atoms with Crippen LogP contribution in [0.5, 0.6) is 0 Å². The summed E-state index contributed by atoms with van der Waals surface area (Å²) in [4.78, 5) is 43.3. The summed E-state index contributed by atoms with van der Waals surface area (Å²) in [6.07, 6.45) is 2.55. The van der Waals surface area contributed by atoms with Crippen molar-refractivity contribution in [1.29, 1.82) is 0 Å². The molecule has 0 amide bonds. The molecule has 6 rings (SSSR count). The van der Waals surface area contributed by atoms with Crippen molar-refractivity contribution in [2.24, 2.45) is 0 Å². The van der Waals surface area contributed by atoms with Crippen molar-refractivity contribution < 1.29 is 28.6 Å². The molecule has 37 heavy (non-hydrogen) atoms. The molecule has 3 aromatic rings. The van der Waals surface area contributed by atoms with Crippen molar-refractivity contribution in [3.63, 3.8) is 0 Å². The number of nitrogens with zero attached hydrogens (tertiary/aromatic N) is 2. The number of hydrogen-bond donors (Lipinski definition) is 1. The molecular weight excluding hydrogens is 479 g/mol. The summed E-state index contributed by atoms with van der Waals surface area (Å²) in [6.45, 7) is 5.31. The molecule has 9 heteroatoms. The average Bonchev–Trinajstić information content (AvgIpc) is 3.24. The van der Waals surface area contributed by atoms with E-state index < -0.39 is 17.5 Å². The maximum absolute atomic E-state index is 14.9. The third-order valence-electron chi connectivity index (χ3n) is 7.85. The summed E-state index contributed by atoms with van der Waals surface area (Å²) in [5, 5.41) is 11.9. The molecule has 0 saturated carbocycles. The van der Waals surface area contributed by atoms with Gasteiger partial charge in [-0.1, -0.05) is 6.92 Å². The fourth-order valence-electron chi connectivity index (χ4n) is 5.91. The van der Waals surface area contributed by atoms with E-state index in [1.807, 2.05) is 0 Å². The Hall–Kier alpha value is -3.85. The first-order valence-corrected chi connectivity index (χ1v) is 12.4. The van der Waals surface area contributed by atoms with Crippen molar-refractivity contribution in [3.05, 3.63) is 67.8 Å². The lowest BCUT2D eigenvalue weighted by atomic mass is 9.81. The fourth-order valence-corrected chi connectivity index (χ4v) is 5.91. The lowest BCUT2D eigenvalue weighted by molar-refractivity contribution is -0.172. The highest BCUT2D eigenvalue weighted by atomic mass is 19.1. The molecule has 3 aliphatic rings. The van der Waals surface area contributed by atoms with Gasteiger partial charge in [0.1, 0.15) is 12.4 Å². The Balaban J connectivity index is 1.68. The van der Waals surface area contributed by atoms with Gasteiger partial charge in [-0.05, 0) is 61.4 Å². The third kappa shape index (κ3) is 3.16. The lowest BCUT2D eigenvalue weighted by Crippen LogP contribution is -2.44. The summed E-state index contributed by atoms with van der Waals surface area (Å²) < 4.78 is 26.8. The molecule has 2 aliphatic heterocycles. The van der Waals surface area contributed by atoms with E-state index in [4.69, 9.17) is 14.5 Å². The summed E-state index contributed by atoms with van der Waals surface area (Å²) in [5.41, 5.74) is 3.05.